The number of carbonyl (C=O) groups excluding carboxylic acids is 3. The standard InChI is InChI=1S/C15H16N2O4/c1-21-12(18)9-17-13(19)15(16-14(17)20)8-4-6-10-5-2-3-7-11(10)15/h2-3,5,7H,4,6,8-9H2,1H3,(H,16,20)/t15-/m1/s1. The topological polar surface area (TPSA) is 75.7 Å². The summed E-state index contributed by atoms with van der Waals surface area (Å²) in [4.78, 5) is 37.2. The number of amides is 3. The predicted molar refractivity (Wildman–Crippen MR) is 73.3 cm³/mol. The third-order valence-corrected chi connectivity index (χ3v) is 4.17. The molecular weight excluding hydrogens is 272 g/mol. The van der Waals surface area contributed by atoms with Crippen molar-refractivity contribution in [2.45, 2.75) is 24.8 Å². The lowest BCUT2D eigenvalue weighted by molar-refractivity contribution is -0.145. The van der Waals surface area contributed by atoms with E-state index in [0.29, 0.717) is 6.42 Å². The number of fused-ring (bicyclic) bond motifs is 2. The minimum atomic E-state index is -1.03. The maximum absolute atomic E-state index is 12.7. The Morgan fingerprint density at radius 1 is 1.38 bits per heavy atom. The number of urea groups is 1. The van der Waals surface area contributed by atoms with E-state index in [1.165, 1.54) is 7.11 Å². The summed E-state index contributed by atoms with van der Waals surface area (Å²) >= 11 is 0. The fourth-order valence-electron chi connectivity index (χ4n) is 3.15. The number of esters is 1. The van der Waals surface area contributed by atoms with Gasteiger partial charge in [0.1, 0.15) is 12.1 Å². The van der Waals surface area contributed by atoms with E-state index in [1.54, 1.807) is 0 Å². The minimum Gasteiger partial charge on any atom is -0.468 e. The van der Waals surface area contributed by atoms with Crippen LogP contribution < -0.4 is 5.32 Å². The van der Waals surface area contributed by atoms with Crippen molar-refractivity contribution < 1.29 is 19.1 Å². The number of imide groups is 1. The predicted octanol–water partition coefficient (Wildman–Crippen LogP) is 0.943. The molecule has 3 rings (SSSR count). The van der Waals surface area contributed by atoms with Crippen molar-refractivity contribution in [3.8, 4) is 0 Å². The van der Waals surface area contributed by atoms with Gasteiger partial charge in [0.05, 0.1) is 7.11 Å². The quantitative estimate of drug-likeness (QED) is 0.649. The van der Waals surface area contributed by atoms with Gasteiger partial charge in [-0.25, -0.2) is 4.79 Å². The van der Waals surface area contributed by atoms with E-state index in [-0.39, 0.29) is 12.5 Å². The van der Waals surface area contributed by atoms with Gasteiger partial charge in [-0.15, -0.1) is 0 Å². The molecule has 1 heterocycles. The average molecular weight is 288 g/mol. The van der Waals surface area contributed by atoms with Crippen LogP contribution in [0.3, 0.4) is 0 Å². The zero-order valence-electron chi connectivity index (χ0n) is 11.7. The number of ether oxygens (including phenoxy) is 1. The number of carbonyl (C=O) groups is 3. The summed E-state index contributed by atoms with van der Waals surface area (Å²) in [6.45, 7) is -0.356. The molecule has 1 N–H and O–H groups in total. The van der Waals surface area contributed by atoms with Crippen LogP contribution in [-0.2, 0) is 26.3 Å². The molecule has 0 saturated carbocycles. The monoisotopic (exact) mass is 288 g/mol. The summed E-state index contributed by atoms with van der Waals surface area (Å²) in [5.41, 5.74) is 0.874. The van der Waals surface area contributed by atoms with Crippen LogP contribution in [-0.4, -0.2) is 36.5 Å². The largest absolute Gasteiger partial charge is 0.468 e. The van der Waals surface area contributed by atoms with Gasteiger partial charge in [-0.05, 0) is 30.4 Å². The van der Waals surface area contributed by atoms with Gasteiger partial charge in [0.15, 0.2) is 0 Å². The molecule has 1 aliphatic heterocycles. The molecule has 0 bridgehead atoms. The number of aryl methyl sites for hydroxylation is 1. The van der Waals surface area contributed by atoms with Crippen molar-refractivity contribution in [2.24, 2.45) is 0 Å². The van der Waals surface area contributed by atoms with E-state index < -0.39 is 17.5 Å². The maximum Gasteiger partial charge on any atom is 0.325 e. The Kier molecular flexibility index (Phi) is 3.16. The molecule has 110 valence electrons. The molecule has 1 aliphatic carbocycles. The zero-order valence-corrected chi connectivity index (χ0v) is 11.7. The van der Waals surface area contributed by atoms with Crippen LogP contribution in [0.2, 0.25) is 0 Å². The van der Waals surface area contributed by atoms with Crippen LogP contribution in [0, 0.1) is 0 Å². The van der Waals surface area contributed by atoms with Gasteiger partial charge in [0.25, 0.3) is 5.91 Å². The van der Waals surface area contributed by atoms with E-state index in [4.69, 9.17) is 0 Å². The number of rotatable bonds is 2. The zero-order chi connectivity index (χ0) is 15.0. The first-order valence-corrected chi connectivity index (χ1v) is 6.88. The van der Waals surface area contributed by atoms with Crippen LogP contribution in [0.25, 0.3) is 0 Å². The first-order chi connectivity index (χ1) is 10.1. The molecule has 1 aromatic carbocycles. The fourth-order valence-corrected chi connectivity index (χ4v) is 3.15. The summed E-state index contributed by atoms with van der Waals surface area (Å²) in [5, 5.41) is 2.78. The highest BCUT2D eigenvalue weighted by Gasteiger charge is 2.54. The van der Waals surface area contributed by atoms with Gasteiger partial charge in [-0.3, -0.25) is 14.5 Å². The molecular formula is C15H16N2O4. The molecule has 2 aliphatic rings. The van der Waals surface area contributed by atoms with Gasteiger partial charge in [0, 0.05) is 0 Å². The number of hydrogen-bond donors (Lipinski definition) is 1. The summed E-state index contributed by atoms with van der Waals surface area (Å²) in [7, 11) is 1.23. The first kappa shape index (κ1) is 13.6. The Labute approximate surface area is 122 Å². The van der Waals surface area contributed by atoms with Crippen molar-refractivity contribution in [1.29, 1.82) is 0 Å². The van der Waals surface area contributed by atoms with Crippen molar-refractivity contribution in [1.82, 2.24) is 10.2 Å². The maximum atomic E-state index is 12.7. The van der Waals surface area contributed by atoms with Crippen LogP contribution in [0.15, 0.2) is 24.3 Å². The summed E-state index contributed by atoms with van der Waals surface area (Å²) in [6.07, 6.45) is 2.25. The number of nitrogens with zero attached hydrogens (tertiary/aromatic N) is 1. The molecule has 0 unspecified atom stereocenters. The summed E-state index contributed by atoms with van der Waals surface area (Å²) in [5.74, 6) is -0.982. The molecule has 1 aromatic rings. The summed E-state index contributed by atoms with van der Waals surface area (Å²) < 4.78 is 4.54. The minimum absolute atomic E-state index is 0.356. The van der Waals surface area contributed by atoms with Gasteiger partial charge in [-0.2, -0.15) is 0 Å². The molecule has 0 aromatic heterocycles. The number of benzene rings is 1. The average Bonchev–Trinajstić information content (AvgIpc) is 2.73. The van der Waals surface area contributed by atoms with Gasteiger partial charge in [0.2, 0.25) is 0 Å². The second-order valence-corrected chi connectivity index (χ2v) is 5.31. The Morgan fingerprint density at radius 3 is 2.90 bits per heavy atom. The van der Waals surface area contributed by atoms with Crippen molar-refractivity contribution in [3.63, 3.8) is 0 Å². The van der Waals surface area contributed by atoms with Crippen LogP contribution in [0.4, 0.5) is 4.79 Å². The van der Waals surface area contributed by atoms with E-state index in [0.717, 1.165) is 28.9 Å². The third-order valence-electron chi connectivity index (χ3n) is 4.17. The lowest BCUT2D eigenvalue weighted by atomic mass is 9.76. The highest BCUT2D eigenvalue weighted by molar-refractivity contribution is 6.09. The lowest BCUT2D eigenvalue weighted by Gasteiger charge is -2.33. The summed E-state index contributed by atoms with van der Waals surface area (Å²) in [6, 6.07) is 7.08. The first-order valence-electron chi connectivity index (χ1n) is 6.88. The van der Waals surface area contributed by atoms with Crippen LogP contribution >= 0.6 is 0 Å². The Morgan fingerprint density at radius 2 is 2.14 bits per heavy atom. The van der Waals surface area contributed by atoms with Gasteiger partial charge < -0.3 is 10.1 Å². The number of nitrogens with one attached hydrogen (secondary N) is 1. The lowest BCUT2D eigenvalue weighted by Crippen LogP contribution is -2.46. The molecule has 0 radical (unpaired) electrons. The second kappa shape index (κ2) is 4.87. The van der Waals surface area contributed by atoms with Crippen molar-refractivity contribution in [2.75, 3.05) is 13.7 Å². The number of hydrogen-bond acceptors (Lipinski definition) is 4. The SMILES string of the molecule is COC(=O)CN1C(=O)N[C@@]2(CCCc3ccccc32)C1=O. The third kappa shape index (κ3) is 1.98. The van der Waals surface area contributed by atoms with E-state index in [2.05, 4.69) is 10.1 Å². The Bertz CT molecular complexity index is 628. The van der Waals surface area contributed by atoms with Crippen molar-refractivity contribution >= 4 is 17.9 Å². The van der Waals surface area contributed by atoms with E-state index in [9.17, 15) is 14.4 Å². The van der Waals surface area contributed by atoms with Crippen LogP contribution in [0.1, 0.15) is 24.0 Å². The second-order valence-electron chi connectivity index (χ2n) is 5.31. The molecule has 1 atom stereocenters. The fraction of sp³-hybridized carbons (Fsp3) is 0.400. The molecule has 6 heteroatoms. The highest BCUT2D eigenvalue weighted by atomic mass is 16.5. The highest BCUT2D eigenvalue weighted by Crippen LogP contribution is 2.39. The molecule has 1 fully saturated rings. The Hall–Kier alpha value is -2.37. The molecule has 21 heavy (non-hydrogen) atoms. The van der Waals surface area contributed by atoms with Crippen LogP contribution in [0.5, 0.6) is 0 Å². The van der Waals surface area contributed by atoms with Crippen molar-refractivity contribution in [3.05, 3.63) is 35.4 Å². The van der Waals surface area contributed by atoms with E-state index >= 15 is 0 Å². The molecule has 1 saturated heterocycles. The molecule has 1 spiro atoms. The Balaban J connectivity index is 1.99. The van der Waals surface area contributed by atoms with Gasteiger partial charge in [-0.1, -0.05) is 24.3 Å². The van der Waals surface area contributed by atoms with Gasteiger partial charge >= 0.3 is 12.0 Å². The normalized spacial score (nSPS) is 24.0. The van der Waals surface area contributed by atoms with E-state index in [1.807, 2.05) is 24.3 Å². The molecule has 6 nitrogen and oxygen atoms in total. The smallest absolute Gasteiger partial charge is 0.325 e. The number of methoxy groups -OCH3 is 1. The molecule has 3 amide bonds.